The largest absolute Gasteiger partial charge is 0.393 e. The molecule has 0 saturated carbocycles. The highest BCUT2D eigenvalue weighted by Crippen LogP contribution is 2.36. The first kappa shape index (κ1) is 12.1. The Labute approximate surface area is 102 Å². The summed E-state index contributed by atoms with van der Waals surface area (Å²) >= 11 is 0. The fourth-order valence-corrected chi connectivity index (χ4v) is 1.93. The first-order chi connectivity index (χ1) is 8.60. The molecular weight excluding hydrogens is 238 g/mol. The minimum atomic E-state index is -0.576. The van der Waals surface area contributed by atoms with Crippen LogP contribution in [-0.4, -0.2) is 28.3 Å². The van der Waals surface area contributed by atoms with Gasteiger partial charge in [0, 0.05) is 13.1 Å². The van der Waals surface area contributed by atoms with E-state index in [4.69, 9.17) is 5.73 Å². The normalized spacial score (nSPS) is 10.8. The number of rotatable bonds is 4. The number of fused-ring (bicyclic) bond motifs is 1. The molecule has 0 aliphatic carbocycles. The van der Waals surface area contributed by atoms with Gasteiger partial charge in [-0.15, -0.1) is 0 Å². The number of nitro benzene ring substituents is 1. The van der Waals surface area contributed by atoms with Crippen molar-refractivity contribution in [2.45, 2.75) is 13.8 Å². The van der Waals surface area contributed by atoms with Crippen LogP contribution in [-0.2, 0) is 0 Å². The van der Waals surface area contributed by atoms with E-state index in [0.717, 1.165) is 13.1 Å². The number of nitrogens with two attached hydrogens (primary N) is 1. The Morgan fingerprint density at radius 1 is 1.39 bits per heavy atom. The summed E-state index contributed by atoms with van der Waals surface area (Å²) in [6, 6.07) is 1.54. The van der Waals surface area contributed by atoms with Crippen molar-refractivity contribution < 1.29 is 9.55 Å². The van der Waals surface area contributed by atoms with Gasteiger partial charge in [0.25, 0.3) is 0 Å². The first-order valence-corrected chi connectivity index (χ1v) is 5.54. The number of benzene rings is 1. The summed E-state index contributed by atoms with van der Waals surface area (Å²) in [6.45, 7) is 5.41. The molecular formula is C10H13N5O3. The summed E-state index contributed by atoms with van der Waals surface area (Å²) in [5, 5.41) is 18.3. The van der Waals surface area contributed by atoms with E-state index >= 15 is 0 Å². The Morgan fingerprint density at radius 2 is 2.00 bits per heavy atom. The number of aromatic nitrogens is 2. The summed E-state index contributed by atoms with van der Waals surface area (Å²) in [7, 11) is 0. The molecule has 8 heteroatoms. The van der Waals surface area contributed by atoms with Gasteiger partial charge in [-0.3, -0.25) is 10.1 Å². The summed E-state index contributed by atoms with van der Waals surface area (Å²) in [4.78, 5) is 12.4. The second-order valence-electron chi connectivity index (χ2n) is 3.72. The molecule has 0 unspecified atom stereocenters. The van der Waals surface area contributed by atoms with Crippen molar-refractivity contribution in [2.75, 3.05) is 23.7 Å². The molecule has 0 aliphatic rings. The van der Waals surface area contributed by atoms with E-state index in [0.29, 0.717) is 11.2 Å². The van der Waals surface area contributed by atoms with E-state index in [9.17, 15) is 10.1 Å². The predicted octanol–water partition coefficient (Wildman–Crippen LogP) is 1.56. The molecule has 0 fully saturated rings. The van der Waals surface area contributed by atoms with Gasteiger partial charge in [0.1, 0.15) is 5.69 Å². The zero-order valence-corrected chi connectivity index (χ0v) is 10.1. The monoisotopic (exact) mass is 251 g/mol. The average molecular weight is 251 g/mol. The maximum atomic E-state index is 11.0. The standard InChI is InChI=1S/C10H13N5O3/c1-3-14(4-2)7-5-6(11)10(15(16)17)9-8(7)12-18-13-9/h5H,3-4,11H2,1-2H3. The third-order valence-corrected chi connectivity index (χ3v) is 2.81. The van der Waals surface area contributed by atoms with Gasteiger partial charge in [-0.25, -0.2) is 4.63 Å². The van der Waals surface area contributed by atoms with E-state index in [1.807, 2.05) is 18.7 Å². The van der Waals surface area contributed by atoms with Crippen LogP contribution in [0.15, 0.2) is 10.7 Å². The summed E-state index contributed by atoms with van der Waals surface area (Å²) in [5.74, 6) is 0. The molecule has 1 aromatic carbocycles. The van der Waals surface area contributed by atoms with Crippen molar-refractivity contribution in [3.05, 3.63) is 16.2 Å². The van der Waals surface area contributed by atoms with Gasteiger partial charge < -0.3 is 10.6 Å². The molecule has 0 bridgehead atoms. The molecule has 8 nitrogen and oxygen atoms in total. The molecule has 0 spiro atoms. The Bertz CT molecular complexity index is 590. The summed E-state index contributed by atoms with van der Waals surface area (Å²) < 4.78 is 4.60. The molecule has 2 rings (SSSR count). The molecule has 2 N–H and O–H groups in total. The smallest absolute Gasteiger partial charge is 0.323 e. The van der Waals surface area contributed by atoms with Crippen LogP contribution in [0.25, 0.3) is 11.0 Å². The van der Waals surface area contributed by atoms with Crippen LogP contribution < -0.4 is 10.6 Å². The van der Waals surface area contributed by atoms with Crippen molar-refractivity contribution in [1.29, 1.82) is 0 Å². The van der Waals surface area contributed by atoms with Gasteiger partial charge in [-0.2, -0.15) is 0 Å². The van der Waals surface area contributed by atoms with Gasteiger partial charge >= 0.3 is 5.69 Å². The van der Waals surface area contributed by atoms with Gasteiger partial charge in [0.05, 0.1) is 10.6 Å². The van der Waals surface area contributed by atoms with Crippen molar-refractivity contribution in [1.82, 2.24) is 10.3 Å². The van der Waals surface area contributed by atoms with E-state index in [-0.39, 0.29) is 16.9 Å². The number of hydrogen-bond donors (Lipinski definition) is 1. The van der Waals surface area contributed by atoms with Crippen LogP contribution in [0.4, 0.5) is 17.1 Å². The lowest BCUT2D eigenvalue weighted by Gasteiger charge is -2.21. The second kappa shape index (κ2) is 4.47. The Kier molecular flexibility index (Phi) is 3.00. The van der Waals surface area contributed by atoms with E-state index in [1.165, 1.54) is 6.07 Å². The number of nitrogens with zero attached hydrogens (tertiary/aromatic N) is 4. The minimum absolute atomic E-state index is 0.0603. The highest BCUT2D eigenvalue weighted by molar-refractivity contribution is 5.99. The average Bonchev–Trinajstić information content (AvgIpc) is 2.78. The highest BCUT2D eigenvalue weighted by atomic mass is 16.6. The van der Waals surface area contributed by atoms with Gasteiger partial charge in [-0.05, 0) is 30.2 Å². The Morgan fingerprint density at radius 3 is 2.56 bits per heavy atom. The summed E-state index contributed by atoms with van der Waals surface area (Å²) in [5.41, 5.74) is 6.66. The topological polar surface area (TPSA) is 111 Å². The maximum absolute atomic E-state index is 11.0. The third-order valence-electron chi connectivity index (χ3n) is 2.81. The van der Waals surface area contributed by atoms with Gasteiger partial charge in [0.15, 0.2) is 5.52 Å². The molecule has 0 amide bonds. The maximum Gasteiger partial charge on any atom is 0.323 e. The molecule has 1 aromatic heterocycles. The Balaban J connectivity index is 2.75. The van der Waals surface area contributed by atoms with E-state index in [1.54, 1.807) is 0 Å². The van der Waals surface area contributed by atoms with Gasteiger partial charge in [0.2, 0.25) is 5.52 Å². The molecule has 0 radical (unpaired) electrons. The van der Waals surface area contributed by atoms with Crippen LogP contribution in [0.3, 0.4) is 0 Å². The van der Waals surface area contributed by atoms with Crippen molar-refractivity contribution >= 4 is 28.1 Å². The van der Waals surface area contributed by atoms with Crippen LogP contribution in [0, 0.1) is 10.1 Å². The van der Waals surface area contributed by atoms with Crippen LogP contribution >= 0.6 is 0 Å². The first-order valence-electron chi connectivity index (χ1n) is 5.54. The number of anilines is 2. The zero-order valence-electron chi connectivity index (χ0n) is 10.1. The molecule has 2 aromatic rings. The summed E-state index contributed by atoms with van der Waals surface area (Å²) in [6.07, 6.45) is 0. The van der Waals surface area contributed by atoms with Crippen LogP contribution in [0.5, 0.6) is 0 Å². The second-order valence-corrected chi connectivity index (χ2v) is 3.72. The molecule has 0 saturated heterocycles. The van der Waals surface area contributed by atoms with Crippen LogP contribution in [0.1, 0.15) is 13.8 Å². The van der Waals surface area contributed by atoms with Crippen molar-refractivity contribution in [2.24, 2.45) is 0 Å². The fraction of sp³-hybridized carbons (Fsp3) is 0.400. The van der Waals surface area contributed by atoms with Crippen LogP contribution in [0.2, 0.25) is 0 Å². The third kappa shape index (κ3) is 1.71. The molecule has 18 heavy (non-hydrogen) atoms. The van der Waals surface area contributed by atoms with Crippen molar-refractivity contribution in [3.63, 3.8) is 0 Å². The zero-order chi connectivity index (χ0) is 13.3. The lowest BCUT2D eigenvalue weighted by Crippen LogP contribution is -2.22. The molecule has 1 heterocycles. The van der Waals surface area contributed by atoms with Crippen molar-refractivity contribution in [3.8, 4) is 0 Å². The SMILES string of the molecule is CCN(CC)c1cc(N)c([N+](=O)[O-])c2nonc12. The fourth-order valence-electron chi connectivity index (χ4n) is 1.93. The van der Waals surface area contributed by atoms with Gasteiger partial charge in [-0.1, -0.05) is 0 Å². The molecule has 0 atom stereocenters. The number of nitrogen functional groups attached to an aromatic ring is 1. The number of hydrogen-bond acceptors (Lipinski definition) is 7. The predicted molar refractivity (Wildman–Crippen MR) is 66.4 cm³/mol. The van der Waals surface area contributed by atoms with E-state index < -0.39 is 4.92 Å². The lowest BCUT2D eigenvalue weighted by molar-refractivity contribution is -0.382. The lowest BCUT2D eigenvalue weighted by atomic mass is 10.2. The highest BCUT2D eigenvalue weighted by Gasteiger charge is 2.25. The molecule has 0 aliphatic heterocycles. The molecule has 96 valence electrons. The quantitative estimate of drug-likeness (QED) is 0.498. The van der Waals surface area contributed by atoms with E-state index in [2.05, 4.69) is 14.9 Å². The Hall–Kier alpha value is -2.38. The minimum Gasteiger partial charge on any atom is -0.393 e. The number of nitro groups is 1.